The van der Waals surface area contributed by atoms with E-state index in [1.54, 1.807) is 0 Å². The first kappa shape index (κ1) is 17.7. The van der Waals surface area contributed by atoms with Crippen molar-refractivity contribution < 1.29 is 0 Å². The predicted molar refractivity (Wildman–Crippen MR) is 112 cm³/mol. The highest BCUT2D eigenvalue weighted by Crippen LogP contribution is 2.24. The lowest BCUT2D eigenvalue weighted by Crippen LogP contribution is -2.50. The minimum absolute atomic E-state index is 0.824. The van der Waals surface area contributed by atoms with Crippen LogP contribution in [0, 0.1) is 13.8 Å². The van der Waals surface area contributed by atoms with Gasteiger partial charge in [0.1, 0.15) is 0 Å². The molecule has 1 heterocycles. The number of nitrogens with zero attached hydrogens (tertiary/aromatic N) is 2. The third kappa shape index (κ3) is 4.13. The fourth-order valence-corrected chi connectivity index (χ4v) is 3.56. The van der Waals surface area contributed by atoms with E-state index in [4.69, 9.17) is 12.2 Å². The van der Waals surface area contributed by atoms with Crippen LogP contribution in [0.5, 0.6) is 0 Å². The van der Waals surface area contributed by atoms with Crippen LogP contribution >= 0.6 is 12.2 Å². The summed E-state index contributed by atoms with van der Waals surface area (Å²) in [5.74, 6) is 0. The van der Waals surface area contributed by atoms with Gasteiger partial charge in [-0.25, -0.2) is 0 Å². The quantitative estimate of drug-likeness (QED) is 0.825. The normalized spacial score (nSPS) is 14.5. The van der Waals surface area contributed by atoms with Gasteiger partial charge in [-0.1, -0.05) is 31.2 Å². The highest BCUT2D eigenvalue weighted by molar-refractivity contribution is 7.80. The zero-order chi connectivity index (χ0) is 17.8. The van der Waals surface area contributed by atoms with Crippen LogP contribution in [-0.4, -0.2) is 36.2 Å². The number of piperazine rings is 1. The second-order valence-corrected chi connectivity index (χ2v) is 7.06. The summed E-state index contributed by atoms with van der Waals surface area (Å²) >= 11 is 5.62. The van der Waals surface area contributed by atoms with Crippen molar-refractivity contribution >= 4 is 28.7 Å². The summed E-state index contributed by atoms with van der Waals surface area (Å²) in [5.41, 5.74) is 6.51. The van der Waals surface area contributed by atoms with Gasteiger partial charge in [0.15, 0.2) is 5.11 Å². The maximum Gasteiger partial charge on any atom is 0.173 e. The van der Waals surface area contributed by atoms with Crippen molar-refractivity contribution in [1.82, 2.24) is 4.90 Å². The average Bonchev–Trinajstić information content (AvgIpc) is 2.65. The van der Waals surface area contributed by atoms with Gasteiger partial charge in [-0.15, -0.1) is 0 Å². The van der Waals surface area contributed by atoms with Crippen molar-refractivity contribution in [2.24, 2.45) is 0 Å². The van der Waals surface area contributed by atoms with E-state index in [-0.39, 0.29) is 0 Å². The highest BCUT2D eigenvalue weighted by Gasteiger charge is 2.20. The summed E-state index contributed by atoms with van der Waals surface area (Å²) in [6.07, 6.45) is 1.06. The fourth-order valence-electron chi connectivity index (χ4n) is 3.25. The maximum atomic E-state index is 5.62. The SMILES string of the molecule is CCc1ccc(NC(=S)N2CCN(c3cccc(C)c3C)CC2)cc1. The van der Waals surface area contributed by atoms with Gasteiger partial charge >= 0.3 is 0 Å². The lowest BCUT2D eigenvalue weighted by molar-refractivity contribution is 0.390. The molecule has 2 aromatic rings. The van der Waals surface area contributed by atoms with E-state index in [0.29, 0.717) is 0 Å². The van der Waals surface area contributed by atoms with Gasteiger partial charge in [0.2, 0.25) is 0 Å². The summed E-state index contributed by atoms with van der Waals surface area (Å²) in [6.45, 7) is 10.5. The van der Waals surface area contributed by atoms with Crippen molar-refractivity contribution in [3.05, 3.63) is 59.2 Å². The Morgan fingerprint density at radius 1 is 1.00 bits per heavy atom. The van der Waals surface area contributed by atoms with Crippen LogP contribution in [0.3, 0.4) is 0 Å². The number of hydrogen-bond donors (Lipinski definition) is 1. The number of anilines is 2. The summed E-state index contributed by atoms with van der Waals surface area (Å²) < 4.78 is 0. The molecule has 132 valence electrons. The van der Waals surface area contributed by atoms with Crippen molar-refractivity contribution in [2.45, 2.75) is 27.2 Å². The van der Waals surface area contributed by atoms with Crippen LogP contribution in [0.1, 0.15) is 23.6 Å². The molecule has 0 bridgehead atoms. The van der Waals surface area contributed by atoms with Gasteiger partial charge < -0.3 is 15.1 Å². The molecule has 0 radical (unpaired) electrons. The van der Waals surface area contributed by atoms with E-state index in [1.807, 2.05) is 0 Å². The van der Waals surface area contributed by atoms with E-state index in [2.05, 4.69) is 78.4 Å². The van der Waals surface area contributed by atoms with Crippen molar-refractivity contribution in [1.29, 1.82) is 0 Å². The number of nitrogens with one attached hydrogen (secondary N) is 1. The van der Waals surface area contributed by atoms with Crippen LogP contribution in [0.25, 0.3) is 0 Å². The molecule has 3 nitrogen and oxygen atoms in total. The van der Waals surface area contributed by atoms with Crippen LogP contribution < -0.4 is 10.2 Å². The first-order chi connectivity index (χ1) is 12.1. The third-order valence-electron chi connectivity index (χ3n) is 5.10. The van der Waals surface area contributed by atoms with Crippen LogP contribution in [0.2, 0.25) is 0 Å². The molecule has 0 saturated carbocycles. The minimum atomic E-state index is 0.824. The summed E-state index contributed by atoms with van der Waals surface area (Å²) in [5, 5.41) is 4.20. The molecule has 1 saturated heterocycles. The van der Waals surface area contributed by atoms with E-state index in [9.17, 15) is 0 Å². The van der Waals surface area contributed by atoms with Crippen molar-refractivity contribution in [3.63, 3.8) is 0 Å². The van der Waals surface area contributed by atoms with E-state index >= 15 is 0 Å². The second-order valence-electron chi connectivity index (χ2n) is 6.67. The molecular weight excluding hydrogens is 326 g/mol. The van der Waals surface area contributed by atoms with Crippen molar-refractivity contribution in [2.75, 3.05) is 36.4 Å². The molecular formula is C21H27N3S. The van der Waals surface area contributed by atoms with Gasteiger partial charge in [0, 0.05) is 37.6 Å². The molecule has 4 heteroatoms. The van der Waals surface area contributed by atoms with Crippen molar-refractivity contribution in [3.8, 4) is 0 Å². The second kappa shape index (κ2) is 7.87. The van der Waals surface area contributed by atoms with Crippen LogP contribution in [0.15, 0.2) is 42.5 Å². The molecule has 0 atom stereocenters. The maximum absolute atomic E-state index is 5.62. The third-order valence-corrected chi connectivity index (χ3v) is 5.46. The molecule has 2 aromatic carbocycles. The van der Waals surface area contributed by atoms with E-state index < -0.39 is 0 Å². The summed E-state index contributed by atoms with van der Waals surface area (Å²) in [6, 6.07) is 15.1. The number of hydrogen-bond acceptors (Lipinski definition) is 2. The van der Waals surface area contributed by atoms with E-state index in [0.717, 1.165) is 43.4 Å². The predicted octanol–water partition coefficient (Wildman–Crippen LogP) is 4.38. The molecule has 0 aliphatic carbocycles. The number of benzene rings is 2. The number of aryl methyl sites for hydroxylation is 2. The molecule has 0 spiro atoms. The molecule has 0 amide bonds. The Balaban J connectivity index is 1.57. The van der Waals surface area contributed by atoms with Gasteiger partial charge in [0.05, 0.1) is 0 Å². The largest absolute Gasteiger partial charge is 0.368 e. The lowest BCUT2D eigenvalue weighted by atomic mass is 10.1. The number of thiocarbonyl (C=S) groups is 1. The molecule has 1 aliphatic rings. The Hall–Kier alpha value is -2.07. The first-order valence-electron chi connectivity index (χ1n) is 9.04. The smallest absolute Gasteiger partial charge is 0.173 e. The Kier molecular flexibility index (Phi) is 5.59. The summed E-state index contributed by atoms with van der Waals surface area (Å²) in [4.78, 5) is 4.74. The zero-order valence-electron chi connectivity index (χ0n) is 15.4. The summed E-state index contributed by atoms with van der Waals surface area (Å²) in [7, 11) is 0. The fraction of sp³-hybridized carbons (Fsp3) is 0.381. The Labute approximate surface area is 156 Å². The monoisotopic (exact) mass is 353 g/mol. The first-order valence-corrected chi connectivity index (χ1v) is 9.45. The Morgan fingerprint density at radius 2 is 1.68 bits per heavy atom. The highest BCUT2D eigenvalue weighted by atomic mass is 32.1. The number of rotatable bonds is 3. The minimum Gasteiger partial charge on any atom is -0.368 e. The van der Waals surface area contributed by atoms with Gasteiger partial charge in [-0.2, -0.15) is 0 Å². The molecule has 25 heavy (non-hydrogen) atoms. The van der Waals surface area contributed by atoms with Gasteiger partial charge in [0.25, 0.3) is 0 Å². The van der Waals surface area contributed by atoms with Crippen LogP contribution in [0.4, 0.5) is 11.4 Å². The molecule has 0 unspecified atom stereocenters. The molecule has 1 aliphatic heterocycles. The molecule has 0 aromatic heterocycles. The topological polar surface area (TPSA) is 18.5 Å². The average molecular weight is 354 g/mol. The zero-order valence-corrected chi connectivity index (χ0v) is 16.2. The van der Waals surface area contributed by atoms with Gasteiger partial charge in [-0.05, 0) is 67.4 Å². The Bertz CT molecular complexity index is 731. The van der Waals surface area contributed by atoms with Gasteiger partial charge in [-0.3, -0.25) is 0 Å². The molecule has 1 N–H and O–H groups in total. The molecule has 1 fully saturated rings. The standard InChI is InChI=1S/C21H27N3S/c1-4-18-8-10-19(11-9-18)22-21(25)24-14-12-23(13-15-24)20-7-5-6-16(2)17(20)3/h5-11H,4,12-15H2,1-3H3,(H,22,25). The Morgan fingerprint density at radius 3 is 2.32 bits per heavy atom. The van der Waals surface area contributed by atoms with Crippen LogP contribution in [-0.2, 0) is 6.42 Å². The lowest BCUT2D eigenvalue weighted by Gasteiger charge is -2.38. The van der Waals surface area contributed by atoms with E-state index in [1.165, 1.54) is 22.4 Å². The molecule has 3 rings (SSSR count).